The summed E-state index contributed by atoms with van der Waals surface area (Å²) in [5.74, 6) is 1.69. The summed E-state index contributed by atoms with van der Waals surface area (Å²) in [5, 5.41) is 11.6. The Morgan fingerprint density at radius 2 is 1.72 bits per heavy atom. The molecule has 1 saturated carbocycles. The summed E-state index contributed by atoms with van der Waals surface area (Å²) in [6, 6.07) is 7.78. The molecule has 25 heavy (non-hydrogen) atoms. The lowest BCUT2D eigenvalue weighted by molar-refractivity contribution is 0.373. The van der Waals surface area contributed by atoms with Crippen LogP contribution < -0.4 is 16.0 Å². The van der Waals surface area contributed by atoms with E-state index in [4.69, 9.17) is 23.2 Å². The molecule has 0 spiro atoms. The van der Waals surface area contributed by atoms with E-state index in [0.29, 0.717) is 10.0 Å². The van der Waals surface area contributed by atoms with Crippen LogP contribution in [0.15, 0.2) is 30.5 Å². The minimum Gasteiger partial charge on any atom is -0.369 e. The molecule has 0 saturated heterocycles. The summed E-state index contributed by atoms with van der Waals surface area (Å²) < 4.78 is 0. The predicted octanol–water partition coefficient (Wildman–Crippen LogP) is 5.92. The van der Waals surface area contributed by atoms with Gasteiger partial charge in [0.1, 0.15) is 12.0 Å². The minimum atomic E-state index is -0.0490. The van der Waals surface area contributed by atoms with Crippen molar-refractivity contribution in [3.05, 3.63) is 46.1 Å². The normalized spacial score (nSPS) is 17.7. The molecule has 2 aliphatic rings. The van der Waals surface area contributed by atoms with Crippen LogP contribution in [0, 0.1) is 5.92 Å². The van der Waals surface area contributed by atoms with Gasteiger partial charge in [0.15, 0.2) is 0 Å². The zero-order valence-corrected chi connectivity index (χ0v) is 15.5. The van der Waals surface area contributed by atoms with E-state index in [1.54, 1.807) is 0 Å². The van der Waals surface area contributed by atoms with E-state index < -0.39 is 0 Å². The van der Waals surface area contributed by atoms with E-state index in [1.165, 1.54) is 32.1 Å². The molecule has 0 bridgehead atoms. The van der Waals surface area contributed by atoms with Gasteiger partial charge in [0.25, 0.3) is 0 Å². The van der Waals surface area contributed by atoms with E-state index in [0.717, 1.165) is 35.2 Å². The molecule has 0 amide bonds. The maximum absolute atomic E-state index is 6.13. The van der Waals surface area contributed by atoms with Crippen LogP contribution in [0.2, 0.25) is 10.0 Å². The lowest BCUT2D eigenvalue weighted by Crippen LogP contribution is -2.20. The number of fused-ring (bicyclic) bond motifs is 1. The lowest BCUT2D eigenvalue weighted by Gasteiger charge is -2.23. The molecular formula is C19H22Cl2N4. The minimum absolute atomic E-state index is 0.0490. The van der Waals surface area contributed by atoms with Crippen molar-refractivity contribution in [1.29, 1.82) is 0 Å². The van der Waals surface area contributed by atoms with Crippen LogP contribution in [-0.2, 0) is 0 Å². The van der Waals surface area contributed by atoms with Crippen LogP contribution in [0.5, 0.6) is 0 Å². The second-order valence-electron chi connectivity index (χ2n) is 6.86. The third-order valence-corrected chi connectivity index (χ3v) is 5.82. The summed E-state index contributed by atoms with van der Waals surface area (Å²) >= 11 is 12.3. The summed E-state index contributed by atoms with van der Waals surface area (Å²) in [6.45, 7) is 0.987. The quantitative estimate of drug-likeness (QED) is 0.619. The highest BCUT2D eigenvalue weighted by molar-refractivity contribution is 6.42. The van der Waals surface area contributed by atoms with Gasteiger partial charge in [-0.25, -0.2) is 4.98 Å². The van der Waals surface area contributed by atoms with Gasteiger partial charge in [0.2, 0.25) is 0 Å². The van der Waals surface area contributed by atoms with E-state index >= 15 is 0 Å². The first-order valence-electron chi connectivity index (χ1n) is 8.91. The molecule has 4 rings (SSSR count). The Morgan fingerprint density at radius 3 is 2.40 bits per heavy atom. The summed E-state index contributed by atoms with van der Waals surface area (Å²) in [4.78, 5) is 4.56. The topological polar surface area (TPSA) is 49.0 Å². The Balaban J connectivity index is 1.49. The molecule has 1 aromatic carbocycles. The van der Waals surface area contributed by atoms with Crippen molar-refractivity contribution < 1.29 is 0 Å². The zero-order chi connectivity index (χ0) is 17.2. The lowest BCUT2D eigenvalue weighted by atomic mass is 9.89. The van der Waals surface area contributed by atoms with E-state index in [-0.39, 0.29) is 6.17 Å². The largest absolute Gasteiger partial charge is 0.369 e. The average molecular weight is 377 g/mol. The fourth-order valence-corrected chi connectivity index (χ4v) is 4.05. The highest BCUT2D eigenvalue weighted by atomic mass is 35.5. The van der Waals surface area contributed by atoms with Crippen molar-refractivity contribution in [3.8, 4) is 0 Å². The maximum Gasteiger partial charge on any atom is 0.133 e. The molecule has 3 N–H and O–H groups in total. The number of hydrogen-bond acceptors (Lipinski definition) is 4. The van der Waals surface area contributed by atoms with Crippen LogP contribution in [0.4, 0.5) is 17.2 Å². The Labute approximate surface area is 158 Å². The van der Waals surface area contributed by atoms with Crippen LogP contribution >= 0.6 is 23.2 Å². The van der Waals surface area contributed by atoms with Gasteiger partial charge < -0.3 is 16.0 Å². The molecule has 132 valence electrons. The van der Waals surface area contributed by atoms with Gasteiger partial charge in [-0.3, -0.25) is 0 Å². The highest BCUT2D eigenvalue weighted by Crippen LogP contribution is 2.41. The van der Waals surface area contributed by atoms with Crippen LogP contribution in [0.1, 0.15) is 43.8 Å². The van der Waals surface area contributed by atoms with E-state index in [1.807, 2.05) is 24.4 Å². The predicted molar refractivity (Wildman–Crippen MR) is 106 cm³/mol. The van der Waals surface area contributed by atoms with Gasteiger partial charge in [0, 0.05) is 18.3 Å². The van der Waals surface area contributed by atoms with Gasteiger partial charge in [-0.05, 0) is 43.0 Å². The number of anilines is 3. The maximum atomic E-state index is 6.13. The second kappa shape index (κ2) is 7.30. The smallest absolute Gasteiger partial charge is 0.133 e. The SMILES string of the molecule is Clc1cc2c(cc1Cl)NC(c1cccnc1NCC1CCCCC1)N2. The van der Waals surface area contributed by atoms with Gasteiger partial charge in [-0.1, -0.05) is 42.5 Å². The summed E-state index contributed by atoms with van der Waals surface area (Å²) in [7, 11) is 0. The highest BCUT2D eigenvalue weighted by Gasteiger charge is 2.25. The van der Waals surface area contributed by atoms with Gasteiger partial charge in [0.05, 0.1) is 21.4 Å². The molecule has 2 aromatic rings. The number of benzene rings is 1. The molecule has 4 nitrogen and oxygen atoms in total. The molecule has 2 heterocycles. The number of aromatic nitrogens is 1. The monoisotopic (exact) mass is 376 g/mol. The van der Waals surface area contributed by atoms with Crippen molar-refractivity contribution in [2.75, 3.05) is 22.5 Å². The van der Waals surface area contributed by atoms with Crippen molar-refractivity contribution in [2.45, 2.75) is 38.3 Å². The molecule has 1 aliphatic heterocycles. The molecule has 1 aliphatic carbocycles. The fourth-order valence-electron chi connectivity index (χ4n) is 3.72. The standard InChI is InChI=1S/C19H22Cl2N4/c20-14-9-16-17(10-15(14)21)25-19(24-16)13-7-4-8-22-18(13)23-11-12-5-2-1-3-6-12/h4,7-10,12,19,24-25H,1-3,5-6,11H2,(H,22,23). The first-order chi connectivity index (χ1) is 12.2. The van der Waals surface area contributed by atoms with Gasteiger partial charge in [-0.15, -0.1) is 0 Å². The Hall–Kier alpha value is -1.65. The van der Waals surface area contributed by atoms with Crippen LogP contribution in [-0.4, -0.2) is 11.5 Å². The van der Waals surface area contributed by atoms with Gasteiger partial charge in [-0.2, -0.15) is 0 Å². The summed E-state index contributed by atoms with van der Waals surface area (Å²) in [5.41, 5.74) is 3.02. The van der Waals surface area contributed by atoms with Crippen molar-refractivity contribution in [1.82, 2.24) is 4.98 Å². The molecule has 0 radical (unpaired) electrons. The van der Waals surface area contributed by atoms with E-state index in [2.05, 4.69) is 27.0 Å². The summed E-state index contributed by atoms with van der Waals surface area (Å²) in [6.07, 6.45) is 8.50. The molecule has 1 aromatic heterocycles. The number of halogens is 2. The molecule has 6 heteroatoms. The molecule has 1 fully saturated rings. The second-order valence-corrected chi connectivity index (χ2v) is 7.67. The Bertz CT molecular complexity index is 728. The van der Waals surface area contributed by atoms with E-state index in [9.17, 15) is 0 Å². The first-order valence-corrected chi connectivity index (χ1v) is 9.67. The van der Waals surface area contributed by atoms with Gasteiger partial charge >= 0.3 is 0 Å². The van der Waals surface area contributed by atoms with Crippen molar-refractivity contribution in [2.24, 2.45) is 5.92 Å². The molecule has 0 atom stereocenters. The Morgan fingerprint density at radius 1 is 1.04 bits per heavy atom. The number of hydrogen-bond donors (Lipinski definition) is 3. The average Bonchev–Trinajstić information content (AvgIpc) is 3.04. The van der Waals surface area contributed by atoms with Crippen molar-refractivity contribution >= 4 is 40.4 Å². The Kier molecular flexibility index (Phi) is 4.91. The third kappa shape index (κ3) is 3.65. The first kappa shape index (κ1) is 16.8. The van der Waals surface area contributed by atoms with Crippen molar-refractivity contribution in [3.63, 3.8) is 0 Å². The number of nitrogens with one attached hydrogen (secondary N) is 3. The number of pyridine rings is 1. The number of nitrogens with zero attached hydrogens (tertiary/aromatic N) is 1. The zero-order valence-electron chi connectivity index (χ0n) is 14.0. The molecular weight excluding hydrogens is 355 g/mol. The van der Waals surface area contributed by atoms with Crippen LogP contribution in [0.25, 0.3) is 0 Å². The van der Waals surface area contributed by atoms with Crippen LogP contribution in [0.3, 0.4) is 0 Å². The number of rotatable bonds is 4. The fraction of sp³-hybridized carbons (Fsp3) is 0.421. The third-order valence-electron chi connectivity index (χ3n) is 5.09. The molecule has 0 unspecified atom stereocenters.